The van der Waals surface area contributed by atoms with Gasteiger partial charge in [-0.3, -0.25) is 0 Å². The van der Waals surface area contributed by atoms with Crippen LogP contribution in [0.4, 0.5) is 5.69 Å². The van der Waals surface area contributed by atoms with Crippen molar-refractivity contribution in [3.8, 4) is 28.4 Å². The second kappa shape index (κ2) is 8.79. The molecular formula is C38H43NO2. The van der Waals surface area contributed by atoms with Gasteiger partial charge in [-0.2, -0.15) is 0 Å². The number of hydrogen-bond donors (Lipinski definition) is 2. The molecule has 8 aliphatic rings. The predicted octanol–water partition coefficient (Wildman–Crippen LogP) is 9.37. The Morgan fingerprint density at radius 3 is 1.76 bits per heavy atom. The molecule has 0 saturated heterocycles. The van der Waals surface area contributed by atoms with Gasteiger partial charge >= 0.3 is 0 Å². The number of phenolic OH excluding ortho intramolecular Hbond substituents is 1. The second-order valence-electron chi connectivity index (χ2n) is 15.5. The minimum atomic E-state index is 0.0805. The Morgan fingerprint density at radius 1 is 0.610 bits per heavy atom. The normalized spacial score (nSPS) is 38.0. The number of rotatable bonds is 5. The Labute approximate surface area is 244 Å². The summed E-state index contributed by atoms with van der Waals surface area (Å²) in [5.74, 6) is 7.13. The zero-order valence-electron chi connectivity index (χ0n) is 24.2. The Kier molecular flexibility index (Phi) is 5.28. The van der Waals surface area contributed by atoms with Crippen LogP contribution in [-0.2, 0) is 10.8 Å². The monoisotopic (exact) mass is 545 g/mol. The fraction of sp³-hybridized carbons (Fsp3) is 0.526. The molecule has 0 radical (unpaired) electrons. The maximum Gasteiger partial charge on any atom is 0.142 e. The molecule has 0 atom stereocenters. The summed E-state index contributed by atoms with van der Waals surface area (Å²) in [4.78, 5) is 0. The van der Waals surface area contributed by atoms with Crippen LogP contribution < -0.4 is 10.5 Å². The molecule has 3 heteroatoms. The van der Waals surface area contributed by atoms with Gasteiger partial charge in [-0.1, -0.05) is 30.3 Å². The van der Waals surface area contributed by atoms with Crippen LogP contribution in [0.15, 0.2) is 60.7 Å². The second-order valence-corrected chi connectivity index (χ2v) is 15.5. The highest BCUT2D eigenvalue weighted by Crippen LogP contribution is 2.63. The number of benzene rings is 3. The number of aromatic hydroxyl groups is 1. The molecule has 8 fully saturated rings. The van der Waals surface area contributed by atoms with Gasteiger partial charge in [0, 0.05) is 11.6 Å². The molecule has 41 heavy (non-hydrogen) atoms. The summed E-state index contributed by atoms with van der Waals surface area (Å²) < 4.78 is 6.60. The summed E-state index contributed by atoms with van der Waals surface area (Å²) in [5, 5.41) is 10.3. The van der Waals surface area contributed by atoms with Gasteiger partial charge in [-0.05, 0) is 164 Å². The molecule has 8 bridgehead atoms. The van der Waals surface area contributed by atoms with Crippen LogP contribution in [0.1, 0.15) is 88.2 Å². The Morgan fingerprint density at radius 2 is 1.17 bits per heavy atom. The van der Waals surface area contributed by atoms with Crippen molar-refractivity contribution in [2.24, 2.45) is 35.5 Å². The highest BCUT2D eigenvalue weighted by molar-refractivity contribution is 5.68. The lowest BCUT2D eigenvalue weighted by molar-refractivity contribution is -0.00600. The highest BCUT2D eigenvalue weighted by atomic mass is 16.5. The predicted molar refractivity (Wildman–Crippen MR) is 164 cm³/mol. The van der Waals surface area contributed by atoms with Gasteiger partial charge in [-0.25, -0.2) is 0 Å². The van der Waals surface area contributed by atoms with Crippen LogP contribution in [0.3, 0.4) is 0 Å². The minimum Gasteiger partial charge on any atom is -0.506 e. The quantitative estimate of drug-likeness (QED) is 0.248. The van der Waals surface area contributed by atoms with Gasteiger partial charge in [0.1, 0.15) is 17.2 Å². The maximum atomic E-state index is 10.3. The first kappa shape index (κ1) is 24.6. The van der Waals surface area contributed by atoms with Crippen molar-refractivity contribution in [1.82, 2.24) is 0 Å². The van der Waals surface area contributed by atoms with Crippen molar-refractivity contribution in [2.75, 3.05) is 5.73 Å². The van der Waals surface area contributed by atoms with Crippen molar-refractivity contribution < 1.29 is 9.84 Å². The molecular weight excluding hydrogens is 502 g/mol. The van der Waals surface area contributed by atoms with Gasteiger partial charge in [0.05, 0.1) is 5.69 Å². The van der Waals surface area contributed by atoms with E-state index in [4.69, 9.17) is 10.5 Å². The van der Waals surface area contributed by atoms with Crippen LogP contribution in [0.5, 0.6) is 17.2 Å². The lowest BCUT2D eigenvalue weighted by Crippen LogP contribution is -2.48. The first-order valence-electron chi connectivity index (χ1n) is 16.4. The molecule has 212 valence electrons. The molecule has 0 heterocycles. The Hall–Kier alpha value is -2.94. The average molecular weight is 546 g/mol. The zero-order chi connectivity index (χ0) is 27.3. The van der Waals surface area contributed by atoms with Gasteiger partial charge in [0.2, 0.25) is 0 Å². The van der Waals surface area contributed by atoms with E-state index in [0.29, 0.717) is 16.9 Å². The highest BCUT2D eigenvalue weighted by Gasteiger charge is 2.53. The minimum absolute atomic E-state index is 0.0805. The van der Waals surface area contributed by atoms with Crippen LogP contribution >= 0.6 is 0 Å². The molecule has 0 unspecified atom stereocenters. The summed E-state index contributed by atoms with van der Waals surface area (Å²) >= 11 is 0. The molecule has 0 aliphatic heterocycles. The van der Waals surface area contributed by atoms with Gasteiger partial charge in [0.25, 0.3) is 0 Å². The molecule has 8 aliphatic carbocycles. The Bertz CT molecular complexity index is 1450. The third-order valence-corrected chi connectivity index (χ3v) is 12.7. The van der Waals surface area contributed by atoms with Crippen LogP contribution in [0.25, 0.3) is 11.1 Å². The lowest BCUT2D eigenvalue weighted by Gasteiger charge is -2.57. The maximum absolute atomic E-state index is 10.3. The van der Waals surface area contributed by atoms with E-state index in [-0.39, 0.29) is 11.2 Å². The number of phenols is 1. The summed E-state index contributed by atoms with van der Waals surface area (Å²) in [7, 11) is 0. The summed E-state index contributed by atoms with van der Waals surface area (Å²) in [6.45, 7) is 0. The van der Waals surface area contributed by atoms with E-state index in [0.717, 1.165) is 41.3 Å². The number of nitrogen functional groups attached to an aromatic ring is 1. The smallest absolute Gasteiger partial charge is 0.142 e. The molecule has 3 nitrogen and oxygen atoms in total. The third kappa shape index (κ3) is 3.97. The summed E-state index contributed by atoms with van der Waals surface area (Å²) in [5.41, 5.74) is 12.6. The van der Waals surface area contributed by atoms with E-state index in [9.17, 15) is 5.11 Å². The topological polar surface area (TPSA) is 55.5 Å². The first-order valence-corrected chi connectivity index (χ1v) is 16.4. The van der Waals surface area contributed by atoms with Gasteiger partial charge in [0.15, 0.2) is 0 Å². The van der Waals surface area contributed by atoms with E-state index in [1.54, 1.807) is 17.7 Å². The van der Waals surface area contributed by atoms with Crippen molar-refractivity contribution >= 4 is 5.69 Å². The van der Waals surface area contributed by atoms with Crippen LogP contribution in [-0.4, -0.2) is 5.11 Å². The summed E-state index contributed by atoms with van der Waals surface area (Å²) in [6, 6.07) is 21.9. The van der Waals surface area contributed by atoms with Gasteiger partial charge in [-0.15, -0.1) is 0 Å². The third-order valence-electron chi connectivity index (χ3n) is 12.7. The number of nitrogens with two attached hydrogens (primary N) is 1. The zero-order valence-corrected chi connectivity index (χ0v) is 24.2. The lowest BCUT2D eigenvalue weighted by atomic mass is 9.47. The molecule has 0 spiro atoms. The number of ether oxygens (including phenoxy) is 1. The van der Waals surface area contributed by atoms with Crippen molar-refractivity contribution in [3.05, 3.63) is 71.8 Å². The molecule has 11 rings (SSSR count). The molecule has 0 aromatic heterocycles. The van der Waals surface area contributed by atoms with Crippen molar-refractivity contribution in [1.29, 1.82) is 0 Å². The van der Waals surface area contributed by atoms with Crippen molar-refractivity contribution in [3.63, 3.8) is 0 Å². The fourth-order valence-corrected chi connectivity index (χ4v) is 11.9. The average Bonchev–Trinajstić information content (AvgIpc) is 2.94. The molecule has 3 aromatic carbocycles. The van der Waals surface area contributed by atoms with Crippen LogP contribution in [0, 0.1) is 35.5 Å². The number of anilines is 1. The van der Waals surface area contributed by atoms with E-state index >= 15 is 0 Å². The van der Waals surface area contributed by atoms with Gasteiger partial charge < -0.3 is 15.6 Å². The van der Waals surface area contributed by atoms with Crippen molar-refractivity contribution in [2.45, 2.75) is 87.9 Å². The fourth-order valence-electron chi connectivity index (χ4n) is 11.9. The summed E-state index contributed by atoms with van der Waals surface area (Å²) in [6.07, 6.45) is 16.8. The molecule has 3 N–H and O–H groups in total. The van der Waals surface area contributed by atoms with E-state index in [2.05, 4.69) is 42.5 Å². The number of hydrogen-bond acceptors (Lipinski definition) is 3. The largest absolute Gasteiger partial charge is 0.506 e. The van der Waals surface area contributed by atoms with Crippen LogP contribution in [0.2, 0.25) is 0 Å². The SMILES string of the molecule is Nc1ccc(Oc2ccc(-c3cccc(C45CC6CC(CC(C6)C4)C5)c3)cc2C23CC4CC(CC(C4)C2)C3)cc1O. The molecule has 8 saturated carbocycles. The molecule has 3 aromatic rings. The van der Waals surface area contributed by atoms with E-state index in [1.165, 1.54) is 93.7 Å². The van der Waals surface area contributed by atoms with E-state index < -0.39 is 0 Å². The Balaban J connectivity index is 1.12. The first-order chi connectivity index (χ1) is 19.9. The standard InChI is InChI=1S/C38H43NO2/c39-34-6-5-32(16-35(34)40)41-36-7-4-30(15-33(36)38-20-26-11-27(21-38)13-28(12-26)22-38)29-2-1-3-31(14-29)37-17-23-8-24(18-37)10-25(9-23)19-37/h1-7,14-16,23-28,40H,8-13,17-22,39H2. The molecule has 0 amide bonds. The van der Waals surface area contributed by atoms with E-state index in [1.807, 2.05) is 6.07 Å².